The monoisotopic (exact) mass is 268 g/mol. The van der Waals surface area contributed by atoms with Crippen LogP contribution in [0.1, 0.15) is 29.9 Å². The van der Waals surface area contributed by atoms with Gasteiger partial charge in [-0.1, -0.05) is 12.1 Å². The summed E-state index contributed by atoms with van der Waals surface area (Å²) in [6.45, 7) is 0. The lowest BCUT2D eigenvalue weighted by atomic mass is 9.74. The molecule has 102 valence electrons. The molecule has 0 aliphatic heterocycles. The summed E-state index contributed by atoms with van der Waals surface area (Å²) >= 11 is 0. The number of aliphatic hydroxyl groups excluding tert-OH is 2. The van der Waals surface area contributed by atoms with Gasteiger partial charge in [0, 0.05) is 12.3 Å². The van der Waals surface area contributed by atoms with Gasteiger partial charge in [-0.15, -0.1) is 0 Å². The van der Waals surface area contributed by atoms with E-state index < -0.39 is 0 Å². The van der Waals surface area contributed by atoms with Crippen LogP contribution in [0, 0.1) is 5.92 Å². The fourth-order valence-corrected chi connectivity index (χ4v) is 3.81. The third kappa shape index (κ3) is 1.52. The molecular weight excluding hydrogens is 252 g/mol. The van der Waals surface area contributed by atoms with Gasteiger partial charge < -0.3 is 15.3 Å². The molecule has 3 aliphatic rings. The molecule has 1 aromatic rings. The minimum absolute atomic E-state index is 0.0105. The molecule has 0 aromatic heterocycles. The highest BCUT2D eigenvalue weighted by atomic mass is 16.3. The average Bonchev–Trinajstić information content (AvgIpc) is 2.77. The van der Waals surface area contributed by atoms with Crippen molar-refractivity contribution in [1.82, 2.24) is 0 Å². The largest absolute Gasteiger partial charge is 0.508 e. The Labute approximate surface area is 117 Å². The Morgan fingerprint density at radius 1 is 1.10 bits per heavy atom. The Morgan fingerprint density at radius 3 is 2.80 bits per heavy atom. The number of phenols is 1. The zero-order chi connectivity index (χ0) is 13.9. The lowest BCUT2D eigenvalue weighted by Gasteiger charge is -2.30. The quantitative estimate of drug-likeness (QED) is 0.673. The molecule has 0 amide bonds. The molecule has 0 fully saturated rings. The highest BCUT2D eigenvalue weighted by Gasteiger charge is 2.39. The number of aromatic hydroxyl groups is 1. The Kier molecular flexibility index (Phi) is 2.28. The van der Waals surface area contributed by atoms with Crippen molar-refractivity contribution in [2.75, 3.05) is 0 Å². The van der Waals surface area contributed by atoms with Crippen LogP contribution >= 0.6 is 0 Å². The molecule has 0 spiro atoms. The number of fused-ring (bicyclic) bond motifs is 5. The number of phenolic OH excluding ortho intramolecular Hbond substituents is 1. The van der Waals surface area contributed by atoms with Gasteiger partial charge in [0.15, 0.2) is 5.76 Å². The first-order valence-electron chi connectivity index (χ1n) is 6.99. The van der Waals surface area contributed by atoms with Crippen molar-refractivity contribution in [1.29, 1.82) is 0 Å². The molecule has 20 heavy (non-hydrogen) atoms. The smallest absolute Gasteiger partial charge is 0.153 e. The fourth-order valence-electron chi connectivity index (χ4n) is 3.81. The van der Waals surface area contributed by atoms with Crippen LogP contribution in [0.2, 0.25) is 0 Å². The number of hydrogen-bond donors (Lipinski definition) is 3. The summed E-state index contributed by atoms with van der Waals surface area (Å²) in [6.07, 6.45) is 6.39. The minimum Gasteiger partial charge on any atom is -0.508 e. The second-order valence-corrected chi connectivity index (χ2v) is 5.86. The lowest BCUT2D eigenvalue weighted by Crippen LogP contribution is -2.18. The van der Waals surface area contributed by atoms with Gasteiger partial charge in [-0.25, -0.2) is 0 Å². The molecule has 0 saturated heterocycles. The van der Waals surface area contributed by atoms with Crippen LogP contribution in [0.15, 0.2) is 53.0 Å². The van der Waals surface area contributed by atoms with E-state index in [2.05, 4.69) is 6.08 Å². The second-order valence-electron chi connectivity index (χ2n) is 5.86. The summed E-state index contributed by atoms with van der Waals surface area (Å²) in [6, 6.07) is 5.57. The van der Waals surface area contributed by atoms with Gasteiger partial charge in [-0.05, 0) is 59.2 Å². The number of benzene rings is 1. The highest BCUT2D eigenvalue weighted by Crippen LogP contribution is 2.52. The van der Waals surface area contributed by atoms with Crippen LogP contribution in [0.25, 0.3) is 0 Å². The number of rotatable bonds is 0. The van der Waals surface area contributed by atoms with Crippen LogP contribution in [-0.4, -0.2) is 15.3 Å². The third-order valence-corrected chi connectivity index (χ3v) is 4.70. The standard InChI is InChI=1S/C17H16O3/c18-12-3-4-13-9(6-12)1-2-10-5-11-7-15(19)16(20)8-14(11)17(10)13/h3-6,8,10,17-20H,1-2,7H2/t10-,17-/m0/s1. The van der Waals surface area contributed by atoms with Gasteiger partial charge >= 0.3 is 0 Å². The Hall–Kier alpha value is -2.16. The molecular formula is C17H16O3. The van der Waals surface area contributed by atoms with E-state index in [1.165, 1.54) is 11.1 Å². The normalized spacial score (nSPS) is 27.4. The van der Waals surface area contributed by atoms with Crippen molar-refractivity contribution in [3.63, 3.8) is 0 Å². The van der Waals surface area contributed by atoms with E-state index in [1.807, 2.05) is 12.1 Å². The summed E-state index contributed by atoms with van der Waals surface area (Å²) in [7, 11) is 0. The van der Waals surface area contributed by atoms with Crippen LogP contribution in [-0.2, 0) is 6.42 Å². The van der Waals surface area contributed by atoms with E-state index >= 15 is 0 Å². The molecule has 3 N–H and O–H groups in total. The first-order valence-corrected chi connectivity index (χ1v) is 6.99. The van der Waals surface area contributed by atoms with Gasteiger partial charge in [0.05, 0.1) is 0 Å². The van der Waals surface area contributed by atoms with E-state index in [9.17, 15) is 15.3 Å². The average molecular weight is 268 g/mol. The first-order chi connectivity index (χ1) is 9.63. The number of allylic oxidation sites excluding steroid dienone is 4. The summed E-state index contributed by atoms with van der Waals surface area (Å²) in [5, 5.41) is 29.1. The van der Waals surface area contributed by atoms with Gasteiger partial charge in [0.2, 0.25) is 0 Å². The molecule has 0 saturated carbocycles. The summed E-state index contributed by atoms with van der Waals surface area (Å²) in [5.41, 5.74) is 4.69. The van der Waals surface area contributed by atoms with E-state index in [0.717, 1.165) is 24.0 Å². The van der Waals surface area contributed by atoms with E-state index in [1.54, 1.807) is 12.1 Å². The Bertz CT molecular complexity index is 694. The zero-order valence-corrected chi connectivity index (χ0v) is 11.0. The van der Waals surface area contributed by atoms with E-state index in [4.69, 9.17) is 0 Å². The maximum Gasteiger partial charge on any atom is 0.153 e. The Balaban J connectivity index is 1.85. The molecule has 2 atom stereocenters. The highest BCUT2D eigenvalue weighted by molar-refractivity contribution is 5.57. The van der Waals surface area contributed by atoms with Crippen molar-refractivity contribution in [3.8, 4) is 5.75 Å². The molecule has 3 nitrogen and oxygen atoms in total. The number of hydrogen-bond acceptors (Lipinski definition) is 3. The summed E-state index contributed by atoms with van der Waals surface area (Å²) in [4.78, 5) is 0. The topological polar surface area (TPSA) is 60.7 Å². The predicted octanol–water partition coefficient (Wildman–Crippen LogP) is 3.64. The predicted molar refractivity (Wildman–Crippen MR) is 75.7 cm³/mol. The third-order valence-electron chi connectivity index (χ3n) is 4.70. The van der Waals surface area contributed by atoms with Crippen LogP contribution in [0.4, 0.5) is 0 Å². The van der Waals surface area contributed by atoms with Crippen LogP contribution in [0.3, 0.4) is 0 Å². The zero-order valence-electron chi connectivity index (χ0n) is 11.0. The number of aryl methyl sites for hydroxylation is 1. The van der Waals surface area contributed by atoms with Crippen molar-refractivity contribution in [2.24, 2.45) is 5.92 Å². The van der Waals surface area contributed by atoms with Crippen molar-refractivity contribution in [3.05, 3.63) is 64.1 Å². The molecule has 0 bridgehead atoms. The maximum absolute atomic E-state index is 9.79. The van der Waals surface area contributed by atoms with E-state index in [0.29, 0.717) is 18.1 Å². The fraction of sp³-hybridized carbons (Fsp3) is 0.294. The van der Waals surface area contributed by atoms with Gasteiger partial charge in [0.1, 0.15) is 11.5 Å². The minimum atomic E-state index is -0.0105. The van der Waals surface area contributed by atoms with Crippen molar-refractivity contribution in [2.45, 2.75) is 25.2 Å². The van der Waals surface area contributed by atoms with Gasteiger partial charge in [0.25, 0.3) is 0 Å². The molecule has 3 aliphatic carbocycles. The van der Waals surface area contributed by atoms with Gasteiger partial charge in [-0.2, -0.15) is 0 Å². The van der Waals surface area contributed by atoms with Crippen LogP contribution in [0.5, 0.6) is 5.75 Å². The first kappa shape index (κ1) is 11.6. The maximum atomic E-state index is 9.79. The van der Waals surface area contributed by atoms with Gasteiger partial charge in [-0.3, -0.25) is 0 Å². The second kappa shape index (κ2) is 3.92. The van der Waals surface area contributed by atoms with Crippen molar-refractivity contribution >= 4 is 0 Å². The summed E-state index contributed by atoms with van der Waals surface area (Å²) in [5.74, 6) is 1.05. The molecule has 0 radical (unpaired) electrons. The molecule has 1 aromatic carbocycles. The van der Waals surface area contributed by atoms with E-state index in [-0.39, 0.29) is 17.4 Å². The van der Waals surface area contributed by atoms with Crippen LogP contribution < -0.4 is 0 Å². The molecule has 4 rings (SSSR count). The number of aliphatic hydroxyl groups is 2. The lowest BCUT2D eigenvalue weighted by molar-refractivity contribution is 0.325. The SMILES string of the molecule is OC1=C(O)CC2=C[C@@H]3CCc4cc(O)ccc4[C@H]3C2=C1. The molecule has 0 heterocycles. The summed E-state index contributed by atoms with van der Waals surface area (Å²) < 4.78 is 0. The van der Waals surface area contributed by atoms with Crippen molar-refractivity contribution < 1.29 is 15.3 Å². The molecule has 0 unspecified atom stereocenters. The molecule has 3 heteroatoms. The Morgan fingerprint density at radius 2 is 1.95 bits per heavy atom.